The molecule has 0 spiro atoms. The van der Waals surface area contributed by atoms with Crippen molar-refractivity contribution in [3.8, 4) is 5.75 Å². The molecule has 4 aromatic rings. The third-order valence-electron chi connectivity index (χ3n) is 13.6. The lowest BCUT2D eigenvalue weighted by molar-refractivity contribution is -0.136. The molecule has 5 saturated heterocycles. The molecule has 4 amide bonds. The Morgan fingerprint density at radius 1 is 0.864 bits per heavy atom. The van der Waals surface area contributed by atoms with E-state index in [9.17, 15) is 27.6 Å². The molecule has 0 saturated carbocycles. The number of hydrogen-bond acceptors (Lipinski definition) is 14. The number of nitrogens with zero attached hydrogens (tertiary/aromatic N) is 6. The van der Waals surface area contributed by atoms with Crippen LogP contribution in [-0.2, 0) is 19.4 Å². The molecule has 66 heavy (non-hydrogen) atoms. The number of imide groups is 2. The number of ether oxygens (including phenoxy) is 1. The van der Waals surface area contributed by atoms with Crippen molar-refractivity contribution in [1.29, 1.82) is 0 Å². The molecule has 18 heteroatoms. The second kappa shape index (κ2) is 18.1. The predicted octanol–water partition coefficient (Wildman–Crippen LogP) is 6.87. The van der Waals surface area contributed by atoms with Crippen molar-refractivity contribution in [2.24, 2.45) is 5.92 Å². The summed E-state index contributed by atoms with van der Waals surface area (Å²) in [7, 11) is -3.59. The minimum atomic E-state index is -3.59. The van der Waals surface area contributed by atoms with Crippen LogP contribution in [-0.4, -0.2) is 114 Å². The van der Waals surface area contributed by atoms with E-state index in [4.69, 9.17) is 16.3 Å². The topological polar surface area (TPSA) is 186 Å². The summed E-state index contributed by atoms with van der Waals surface area (Å²) < 4.78 is 32.6. The molecule has 1 aromatic heterocycles. The molecule has 0 aliphatic carbocycles. The first-order chi connectivity index (χ1) is 31.5. The first kappa shape index (κ1) is 45.4. The summed E-state index contributed by atoms with van der Waals surface area (Å²) in [5.41, 5.74) is 4.78. The fraction of sp³-hybridized carbons (Fsp3) is 0.458. The highest BCUT2D eigenvalue weighted by molar-refractivity contribution is 7.92. The number of benzene rings is 3. The number of nitrogens with one attached hydrogen (secondary N) is 3. The van der Waals surface area contributed by atoms with Crippen LogP contribution in [0.3, 0.4) is 0 Å². The molecular formula is C48H56ClN9O7S. The minimum absolute atomic E-state index is 0.0856. The molecule has 3 unspecified atom stereocenters. The van der Waals surface area contributed by atoms with E-state index in [0.29, 0.717) is 40.2 Å². The third kappa shape index (κ3) is 8.79. The van der Waals surface area contributed by atoms with E-state index in [2.05, 4.69) is 53.6 Å². The Kier molecular flexibility index (Phi) is 12.5. The monoisotopic (exact) mass is 937 g/mol. The number of amides is 4. The second-order valence-electron chi connectivity index (χ2n) is 18.6. The Balaban J connectivity index is 0.832. The van der Waals surface area contributed by atoms with Crippen LogP contribution < -0.4 is 30.5 Å². The molecular weight excluding hydrogens is 882 g/mol. The Labute approximate surface area is 390 Å². The zero-order valence-corrected chi connectivity index (χ0v) is 39.4. The standard InChI is InChI=1S/C48H56ClN9O7S/c1-27(2)65-41-22-40(29(5)20-38(41)52-48-50-23-36(49)44(54-48)51-37-8-6-7-9-42(37)66(63,64)28(3)4)55-18-16-30(17-19-55)24-56-25-33-11-10-32(56)26-57(33)31-12-13-34-35(21-31)47(62)58(46(34)61)39-14-15-43(59)53-45(39)60/h6-9,12-13,20-23,27-28,30,32-33,39H,10-11,14-19,24-26H2,1-5H3,(H,53,59,60)(H2,50,51,52,54). The number of rotatable bonds is 13. The van der Waals surface area contributed by atoms with Gasteiger partial charge >= 0.3 is 0 Å². The molecule has 6 aliphatic heterocycles. The minimum Gasteiger partial charge on any atom is -0.489 e. The van der Waals surface area contributed by atoms with E-state index in [1.165, 1.54) is 6.20 Å². The molecule has 3 aromatic carbocycles. The van der Waals surface area contributed by atoms with Gasteiger partial charge in [-0.05, 0) is 115 Å². The van der Waals surface area contributed by atoms with Crippen LogP contribution in [0.15, 0.2) is 65.7 Å². The van der Waals surface area contributed by atoms with Gasteiger partial charge in [0.2, 0.25) is 17.8 Å². The van der Waals surface area contributed by atoms with Crippen LogP contribution in [0.2, 0.25) is 5.02 Å². The number of aryl methyl sites for hydroxylation is 1. The van der Waals surface area contributed by atoms with Gasteiger partial charge in [0.05, 0.1) is 44.9 Å². The lowest BCUT2D eigenvalue weighted by Gasteiger charge is -2.53. The average molecular weight is 939 g/mol. The summed E-state index contributed by atoms with van der Waals surface area (Å²) >= 11 is 6.54. The normalized spacial score (nSPS) is 21.5. The van der Waals surface area contributed by atoms with Gasteiger partial charge in [-0.25, -0.2) is 13.4 Å². The van der Waals surface area contributed by atoms with Crippen LogP contribution >= 0.6 is 11.6 Å². The van der Waals surface area contributed by atoms with Crippen molar-refractivity contribution in [3.63, 3.8) is 0 Å². The molecule has 2 bridgehead atoms. The number of piperazine rings is 1. The number of aromatic nitrogens is 2. The third-order valence-corrected chi connectivity index (χ3v) is 16.1. The van der Waals surface area contributed by atoms with Crippen molar-refractivity contribution in [2.75, 3.05) is 53.2 Å². The largest absolute Gasteiger partial charge is 0.489 e. The number of sulfone groups is 1. The van der Waals surface area contributed by atoms with Crippen LogP contribution in [0.4, 0.5) is 34.5 Å². The van der Waals surface area contributed by atoms with Gasteiger partial charge in [0.25, 0.3) is 11.8 Å². The highest BCUT2D eigenvalue weighted by atomic mass is 35.5. The molecule has 7 heterocycles. The van der Waals surface area contributed by atoms with Gasteiger partial charge < -0.3 is 25.2 Å². The van der Waals surface area contributed by atoms with Crippen LogP contribution in [0.1, 0.15) is 92.5 Å². The lowest BCUT2D eigenvalue weighted by Crippen LogP contribution is -2.63. The molecule has 5 fully saturated rings. The van der Waals surface area contributed by atoms with E-state index in [1.807, 2.05) is 32.0 Å². The van der Waals surface area contributed by atoms with Crippen molar-refractivity contribution in [3.05, 3.63) is 82.5 Å². The number of carbonyl (C=O) groups excluding carboxylic acids is 4. The molecule has 3 atom stereocenters. The smallest absolute Gasteiger partial charge is 0.262 e. The first-order valence-corrected chi connectivity index (χ1v) is 24.8. The van der Waals surface area contributed by atoms with E-state index < -0.39 is 44.8 Å². The summed E-state index contributed by atoms with van der Waals surface area (Å²) in [6.07, 6.45) is 5.86. The Bertz CT molecular complexity index is 2710. The van der Waals surface area contributed by atoms with Gasteiger partial charge in [-0.15, -0.1) is 0 Å². The number of piperidine rings is 4. The maximum Gasteiger partial charge on any atom is 0.262 e. The van der Waals surface area contributed by atoms with Gasteiger partial charge in [0, 0.05) is 68.7 Å². The van der Waals surface area contributed by atoms with Crippen molar-refractivity contribution < 1.29 is 32.3 Å². The zero-order chi connectivity index (χ0) is 46.6. The summed E-state index contributed by atoms with van der Waals surface area (Å²) in [6.45, 7) is 14.0. The van der Waals surface area contributed by atoms with E-state index >= 15 is 0 Å². The van der Waals surface area contributed by atoms with Crippen molar-refractivity contribution in [2.45, 2.75) is 108 Å². The number of fused-ring (bicyclic) bond motifs is 4. The van der Waals surface area contributed by atoms with Gasteiger partial charge in [-0.3, -0.25) is 34.3 Å². The van der Waals surface area contributed by atoms with Gasteiger partial charge in [0.1, 0.15) is 16.8 Å². The van der Waals surface area contributed by atoms with Crippen LogP contribution in [0, 0.1) is 12.8 Å². The van der Waals surface area contributed by atoms with Gasteiger partial charge in [0.15, 0.2) is 15.7 Å². The first-order valence-electron chi connectivity index (χ1n) is 22.9. The number of anilines is 6. The molecule has 6 aliphatic rings. The summed E-state index contributed by atoms with van der Waals surface area (Å²) in [6, 6.07) is 16.0. The fourth-order valence-electron chi connectivity index (χ4n) is 10.1. The lowest BCUT2D eigenvalue weighted by atomic mass is 9.87. The molecule has 348 valence electrons. The number of para-hydroxylation sites is 1. The van der Waals surface area contributed by atoms with E-state index in [0.717, 1.165) is 80.2 Å². The highest BCUT2D eigenvalue weighted by Crippen LogP contribution is 2.40. The van der Waals surface area contributed by atoms with E-state index in [-0.39, 0.29) is 46.7 Å². The van der Waals surface area contributed by atoms with Crippen molar-refractivity contribution in [1.82, 2.24) is 25.1 Å². The molecule has 16 nitrogen and oxygen atoms in total. The Morgan fingerprint density at radius 3 is 2.32 bits per heavy atom. The van der Waals surface area contributed by atoms with Gasteiger partial charge in [-0.1, -0.05) is 23.7 Å². The summed E-state index contributed by atoms with van der Waals surface area (Å²) in [5, 5.41) is 8.34. The summed E-state index contributed by atoms with van der Waals surface area (Å²) in [4.78, 5) is 68.9. The summed E-state index contributed by atoms with van der Waals surface area (Å²) in [5.74, 6) is -0.240. The van der Waals surface area contributed by atoms with Crippen LogP contribution in [0.5, 0.6) is 5.75 Å². The Morgan fingerprint density at radius 2 is 1.61 bits per heavy atom. The quantitative estimate of drug-likeness (QED) is 0.118. The number of halogens is 1. The number of hydrogen-bond donors (Lipinski definition) is 3. The maximum atomic E-state index is 13.6. The molecule has 3 N–H and O–H groups in total. The van der Waals surface area contributed by atoms with Crippen LogP contribution in [0.25, 0.3) is 0 Å². The molecule has 0 radical (unpaired) electrons. The second-order valence-corrected chi connectivity index (χ2v) is 21.5. The molecule has 10 rings (SSSR count). The Hall–Kier alpha value is -5.78. The van der Waals surface area contributed by atoms with Crippen molar-refractivity contribution >= 4 is 79.6 Å². The van der Waals surface area contributed by atoms with E-state index in [1.54, 1.807) is 44.2 Å². The SMILES string of the molecule is Cc1cc(Nc2ncc(Cl)c(Nc3ccccc3S(=O)(=O)C(C)C)n2)c(OC(C)C)cc1N1CCC(CN2CC3CCC2CN3c2ccc3c(c2)C(=O)N(C2CCC(=O)NC2=O)C3=O)CC1. The van der Waals surface area contributed by atoms with Gasteiger partial charge in [-0.2, -0.15) is 4.98 Å². The maximum absolute atomic E-state index is 13.6. The highest BCUT2D eigenvalue weighted by Gasteiger charge is 2.46. The average Bonchev–Trinajstić information content (AvgIpc) is 3.53. The zero-order valence-electron chi connectivity index (χ0n) is 37.8. The fourth-order valence-corrected chi connectivity index (χ4v) is 11.4. The number of carbonyl (C=O) groups is 4. The predicted molar refractivity (Wildman–Crippen MR) is 253 cm³/mol.